The summed E-state index contributed by atoms with van der Waals surface area (Å²) in [6.45, 7) is 6.80. The van der Waals surface area contributed by atoms with Gasteiger partial charge in [0, 0.05) is 12.6 Å². The summed E-state index contributed by atoms with van der Waals surface area (Å²) in [5, 5.41) is 0.880. The molecule has 0 bridgehead atoms. The summed E-state index contributed by atoms with van der Waals surface area (Å²) in [5.41, 5.74) is 3.75. The summed E-state index contributed by atoms with van der Waals surface area (Å²) in [6, 6.07) is 30.0. The van der Waals surface area contributed by atoms with Crippen molar-refractivity contribution in [3.63, 3.8) is 0 Å². The van der Waals surface area contributed by atoms with Crippen molar-refractivity contribution in [3.05, 3.63) is 120 Å². The molecule has 0 fully saturated rings. The lowest BCUT2D eigenvalue weighted by Gasteiger charge is -2.29. The third-order valence-electron chi connectivity index (χ3n) is 5.18. The highest BCUT2D eigenvalue weighted by molar-refractivity contribution is 7.15. The standard InChI is InChI=1S/C27H25N2OS/c1-20(18-22-12-6-3-7-13-22)29(19-23-14-8-4-9-15-23)27(30)25-26(31-21(2)28-25)24-16-10-5-11-17-24/h3-17,20H,1,18-19H2,2H3/t20-/m1/s1. The molecule has 1 radical (unpaired) electrons. The molecule has 0 aliphatic heterocycles. The van der Waals surface area contributed by atoms with Gasteiger partial charge in [0.2, 0.25) is 0 Å². The van der Waals surface area contributed by atoms with E-state index in [4.69, 9.17) is 0 Å². The van der Waals surface area contributed by atoms with Crippen molar-refractivity contribution in [1.82, 2.24) is 9.88 Å². The van der Waals surface area contributed by atoms with Crippen molar-refractivity contribution in [2.75, 3.05) is 0 Å². The maximum Gasteiger partial charge on any atom is 0.274 e. The number of aromatic nitrogens is 1. The summed E-state index contributed by atoms with van der Waals surface area (Å²) in [6.07, 6.45) is 0.684. The highest BCUT2D eigenvalue weighted by atomic mass is 32.1. The number of amides is 1. The molecular weight excluding hydrogens is 400 g/mol. The highest BCUT2D eigenvalue weighted by Gasteiger charge is 2.27. The average molecular weight is 426 g/mol. The van der Waals surface area contributed by atoms with Gasteiger partial charge in [-0.05, 0) is 37.0 Å². The summed E-state index contributed by atoms with van der Waals surface area (Å²) < 4.78 is 0. The van der Waals surface area contributed by atoms with Crippen LogP contribution in [0.4, 0.5) is 0 Å². The highest BCUT2D eigenvalue weighted by Crippen LogP contribution is 2.31. The number of nitrogens with zero attached hydrogens (tertiary/aromatic N) is 2. The zero-order valence-corrected chi connectivity index (χ0v) is 18.4. The molecule has 0 aliphatic carbocycles. The van der Waals surface area contributed by atoms with Gasteiger partial charge in [0.05, 0.1) is 9.88 Å². The van der Waals surface area contributed by atoms with E-state index in [0.29, 0.717) is 18.7 Å². The first-order chi connectivity index (χ1) is 15.1. The van der Waals surface area contributed by atoms with Crippen LogP contribution in [0.3, 0.4) is 0 Å². The van der Waals surface area contributed by atoms with Crippen molar-refractivity contribution in [2.45, 2.75) is 25.9 Å². The predicted octanol–water partition coefficient (Wildman–Crippen LogP) is 6.21. The van der Waals surface area contributed by atoms with E-state index in [1.807, 2.05) is 90.7 Å². The predicted molar refractivity (Wildman–Crippen MR) is 128 cm³/mol. The molecule has 4 rings (SSSR count). The third-order valence-corrected chi connectivity index (χ3v) is 6.20. The Labute approximate surface area is 188 Å². The van der Waals surface area contributed by atoms with Crippen LogP contribution in [0.5, 0.6) is 0 Å². The van der Waals surface area contributed by atoms with Crippen LogP contribution in [-0.4, -0.2) is 21.8 Å². The molecule has 0 unspecified atom stereocenters. The summed E-state index contributed by atoms with van der Waals surface area (Å²) in [5.74, 6) is -0.0806. The monoisotopic (exact) mass is 425 g/mol. The summed E-state index contributed by atoms with van der Waals surface area (Å²) in [4.78, 5) is 21.2. The van der Waals surface area contributed by atoms with E-state index in [1.165, 1.54) is 0 Å². The van der Waals surface area contributed by atoms with Crippen LogP contribution >= 0.6 is 11.3 Å². The topological polar surface area (TPSA) is 33.2 Å². The molecule has 0 aliphatic rings. The number of benzene rings is 3. The minimum atomic E-state index is -0.222. The Kier molecular flexibility index (Phi) is 6.58. The van der Waals surface area contributed by atoms with Gasteiger partial charge in [-0.1, -0.05) is 91.0 Å². The number of rotatable bonds is 7. The zero-order valence-electron chi connectivity index (χ0n) is 17.6. The number of aryl methyl sites for hydroxylation is 1. The molecule has 0 saturated heterocycles. The smallest absolute Gasteiger partial charge is 0.274 e. The van der Waals surface area contributed by atoms with Gasteiger partial charge in [-0.3, -0.25) is 4.79 Å². The number of hydrogen-bond donors (Lipinski definition) is 0. The Morgan fingerprint density at radius 1 is 0.903 bits per heavy atom. The average Bonchev–Trinajstić information content (AvgIpc) is 3.20. The lowest BCUT2D eigenvalue weighted by atomic mass is 10.0. The van der Waals surface area contributed by atoms with Gasteiger partial charge in [-0.25, -0.2) is 4.98 Å². The Morgan fingerprint density at radius 2 is 1.45 bits per heavy atom. The summed E-state index contributed by atoms with van der Waals surface area (Å²) in [7, 11) is 0. The van der Waals surface area contributed by atoms with E-state index in [2.05, 4.69) is 24.0 Å². The molecule has 3 nitrogen and oxygen atoms in total. The van der Waals surface area contributed by atoms with E-state index in [9.17, 15) is 4.79 Å². The molecule has 0 saturated carbocycles. The maximum absolute atomic E-state index is 13.8. The van der Waals surface area contributed by atoms with Crippen molar-refractivity contribution < 1.29 is 4.79 Å². The Morgan fingerprint density at radius 3 is 2.06 bits per heavy atom. The molecule has 3 aromatic carbocycles. The molecule has 4 heteroatoms. The van der Waals surface area contributed by atoms with Crippen LogP contribution in [0.1, 0.15) is 26.6 Å². The molecule has 155 valence electrons. The fourth-order valence-electron chi connectivity index (χ4n) is 3.64. The minimum absolute atomic E-state index is 0.0806. The molecule has 31 heavy (non-hydrogen) atoms. The van der Waals surface area contributed by atoms with Crippen LogP contribution in [0.15, 0.2) is 91.0 Å². The van der Waals surface area contributed by atoms with E-state index in [1.54, 1.807) is 11.3 Å². The van der Waals surface area contributed by atoms with E-state index in [0.717, 1.165) is 26.6 Å². The van der Waals surface area contributed by atoms with Gasteiger partial charge in [-0.2, -0.15) is 0 Å². The zero-order chi connectivity index (χ0) is 21.6. The minimum Gasteiger partial charge on any atom is -0.330 e. The van der Waals surface area contributed by atoms with Crippen molar-refractivity contribution in [2.24, 2.45) is 0 Å². The lowest BCUT2D eigenvalue weighted by molar-refractivity contribution is 0.0691. The first-order valence-corrected chi connectivity index (χ1v) is 11.2. The largest absolute Gasteiger partial charge is 0.330 e. The second-order valence-electron chi connectivity index (χ2n) is 7.54. The lowest BCUT2D eigenvalue weighted by Crippen LogP contribution is -2.40. The van der Waals surface area contributed by atoms with Gasteiger partial charge in [0.1, 0.15) is 5.69 Å². The quantitative estimate of drug-likeness (QED) is 0.353. The van der Waals surface area contributed by atoms with E-state index in [-0.39, 0.29) is 11.9 Å². The first kappa shape index (κ1) is 21.0. The number of carbonyl (C=O) groups excluding carboxylic acids is 1. The van der Waals surface area contributed by atoms with Crippen molar-refractivity contribution >= 4 is 17.2 Å². The molecule has 0 N–H and O–H groups in total. The number of carbonyl (C=O) groups is 1. The molecular formula is C27H25N2OS. The van der Waals surface area contributed by atoms with Crippen LogP contribution in [-0.2, 0) is 13.0 Å². The maximum atomic E-state index is 13.8. The van der Waals surface area contributed by atoms with Crippen molar-refractivity contribution in [3.8, 4) is 10.4 Å². The third kappa shape index (κ3) is 5.09. The molecule has 1 aromatic heterocycles. The van der Waals surface area contributed by atoms with Gasteiger partial charge in [0.15, 0.2) is 0 Å². The molecule has 1 heterocycles. The molecule has 4 aromatic rings. The fraction of sp³-hybridized carbons (Fsp3) is 0.148. The van der Waals surface area contributed by atoms with Crippen LogP contribution in [0.2, 0.25) is 0 Å². The summed E-state index contributed by atoms with van der Waals surface area (Å²) >= 11 is 1.56. The molecule has 1 amide bonds. The molecule has 1 atom stereocenters. The first-order valence-electron chi connectivity index (χ1n) is 10.4. The fourth-order valence-corrected chi connectivity index (χ4v) is 4.55. The number of thiazole rings is 1. The van der Waals surface area contributed by atoms with Crippen molar-refractivity contribution in [1.29, 1.82) is 0 Å². The van der Waals surface area contributed by atoms with Crippen LogP contribution in [0.25, 0.3) is 10.4 Å². The Bertz CT molecular complexity index is 1120. The van der Waals surface area contributed by atoms with Gasteiger partial charge in [0.25, 0.3) is 5.91 Å². The van der Waals surface area contributed by atoms with Crippen LogP contribution in [0, 0.1) is 13.8 Å². The van der Waals surface area contributed by atoms with Gasteiger partial charge < -0.3 is 4.90 Å². The van der Waals surface area contributed by atoms with Crippen LogP contribution < -0.4 is 0 Å². The normalized spacial score (nSPS) is 11.8. The molecule has 0 spiro atoms. The second-order valence-corrected chi connectivity index (χ2v) is 8.74. The Hall–Kier alpha value is -3.24. The van der Waals surface area contributed by atoms with Gasteiger partial charge >= 0.3 is 0 Å². The van der Waals surface area contributed by atoms with E-state index < -0.39 is 0 Å². The Balaban J connectivity index is 1.69. The number of hydrogen-bond acceptors (Lipinski definition) is 3. The van der Waals surface area contributed by atoms with Gasteiger partial charge in [-0.15, -0.1) is 11.3 Å². The van der Waals surface area contributed by atoms with E-state index >= 15 is 0 Å². The second kappa shape index (κ2) is 9.71. The SMILES string of the molecule is [CH2][C@H](Cc1ccccc1)N(Cc1ccccc1)C(=O)c1nc(C)sc1-c1ccccc1.